The second kappa shape index (κ2) is 8.75. The van der Waals surface area contributed by atoms with Crippen molar-refractivity contribution in [2.75, 3.05) is 12.9 Å². The third-order valence-corrected chi connectivity index (χ3v) is 6.15. The molecule has 0 aromatic heterocycles. The van der Waals surface area contributed by atoms with Crippen molar-refractivity contribution in [1.29, 1.82) is 0 Å². The van der Waals surface area contributed by atoms with Gasteiger partial charge in [0, 0.05) is 18.5 Å². The summed E-state index contributed by atoms with van der Waals surface area (Å²) in [7, 11) is -2.19. The van der Waals surface area contributed by atoms with Gasteiger partial charge in [-0.15, -0.1) is 0 Å². The van der Waals surface area contributed by atoms with Gasteiger partial charge in [0.15, 0.2) is 11.5 Å². The molecule has 0 aliphatic heterocycles. The monoisotopic (exact) mass is 383 g/mol. The van der Waals surface area contributed by atoms with E-state index in [1.165, 1.54) is 14.0 Å². The first-order valence-corrected chi connectivity index (χ1v) is 10.8. The van der Waals surface area contributed by atoms with Crippen LogP contribution in [0.15, 0.2) is 18.2 Å². The van der Waals surface area contributed by atoms with Gasteiger partial charge in [-0.1, -0.05) is 19.4 Å². The van der Waals surface area contributed by atoms with Crippen LogP contribution < -0.4 is 8.92 Å². The van der Waals surface area contributed by atoms with Gasteiger partial charge in [0.25, 0.3) is 0 Å². The lowest BCUT2D eigenvalue weighted by atomic mass is 9.84. The molecule has 0 saturated heterocycles. The molecule has 0 heterocycles. The van der Waals surface area contributed by atoms with Crippen LogP contribution in [0.5, 0.6) is 11.5 Å². The Kier molecular flexibility index (Phi) is 6.92. The van der Waals surface area contributed by atoms with Crippen molar-refractivity contribution in [3.63, 3.8) is 0 Å². The number of hydrogen-bond donors (Lipinski definition) is 0. The number of rotatable bonds is 9. The Morgan fingerprint density at radius 3 is 2.46 bits per heavy atom. The minimum atomic E-state index is -3.66. The van der Waals surface area contributed by atoms with Gasteiger partial charge in [-0.3, -0.25) is 4.79 Å². The molecule has 0 bridgehead atoms. The van der Waals surface area contributed by atoms with E-state index in [0.717, 1.165) is 31.2 Å². The highest BCUT2D eigenvalue weighted by atomic mass is 32.2. The van der Waals surface area contributed by atoms with E-state index in [9.17, 15) is 13.2 Å². The lowest BCUT2D eigenvalue weighted by Crippen LogP contribution is -2.43. The molecule has 146 valence electrons. The van der Waals surface area contributed by atoms with Crippen molar-refractivity contribution in [1.82, 2.24) is 4.90 Å². The van der Waals surface area contributed by atoms with Crippen LogP contribution in [0.1, 0.15) is 52.0 Å². The van der Waals surface area contributed by atoms with E-state index < -0.39 is 10.1 Å². The van der Waals surface area contributed by atoms with Crippen molar-refractivity contribution in [2.24, 2.45) is 5.92 Å². The summed E-state index contributed by atoms with van der Waals surface area (Å²) in [6, 6.07) is 5.29. The van der Waals surface area contributed by atoms with E-state index in [-0.39, 0.29) is 29.4 Å². The predicted octanol–water partition coefficient (Wildman–Crippen LogP) is 3.35. The molecule has 26 heavy (non-hydrogen) atoms. The van der Waals surface area contributed by atoms with Gasteiger partial charge < -0.3 is 13.8 Å². The van der Waals surface area contributed by atoms with Gasteiger partial charge in [-0.05, 0) is 50.8 Å². The number of ether oxygens (including phenoxy) is 1. The van der Waals surface area contributed by atoms with Crippen LogP contribution in [0.25, 0.3) is 0 Å². The lowest BCUT2D eigenvalue weighted by molar-refractivity contribution is -0.141. The molecule has 1 aromatic carbocycles. The fourth-order valence-electron chi connectivity index (χ4n) is 2.84. The minimum absolute atomic E-state index is 0.119. The first-order chi connectivity index (χ1) is 12.3. The molecule has 1 aliphatic carbocycles. The molecule has 1 saturated carbocycles. The molecule has 6 nitrogen and oxygen atoms in total. The van der Waals surface area contributed by atoms with Crippen molar-refractivity contribution in [3.8, 4) is 11.5 Å². The smallest absolute Gasteiger partial charge is 0.309 e. The third-order valence-electron chi connectivity index (χ3n) is 5.01. The Morgan fingerprint density at radius 2 is 1.96 bits per heavy atom. The van der Waals surface area contributed by atoms with Crippen LogP contribution in [-0.2, 0) is 21.5 Å². The highest BCUT2D eigenvalue weighted by molar-refractivity contribution is 7.87. The van der Waals surface area contributed by atoms with Gasteiger partial charge in [-0.25, -0.2) is 0 Å². The standard InChI is InChI=1S/C19H29NO5S/c1-5-14(3)20(19(21)16-8-7-9-16)13-15-10-11-17(24-4)18(12-15)25-26(22,23)6-2/h10-12,14,16H,5-9,13H2,1-4H3/t14-/m1/s1. The fourth-order valence-corrected chi connectivity index (χ4v) is 3.36. The number of carbonyl (C=O) groups excluding carboxylic acids is 1. The third kappa shape index (κ3) is 4.90. The topological polar surface area (TPSA) is 72.9 Å². The van der Waals surface area contributed by atoms with E-state index in [1.54, 1.807) is 12.1 Å². The van der Waals surface area contributed by atoms with E-state index in [4.69, 9.17) is 8.92 Å². The van der Waals surface area contributed by atoms with Crippen LogP contribution in [0.2, 0.25) is 0 Å². The highest BCUT2D eigenvalue weighted by Gasteiger charge is 2.31. The van der Waals surface area contributed by atoms with E-state index in [2.05, 4.69) is 6.92 Å². The first-order valence-electron chi connectivity index (χ1n) is 9.20. The maximum absolute atomic E-state index is 12.8. The van der Waals surface area contributed by atoms with Crippen molar-refractivity contribution in [2.45, 2.75) is 59.0 Å². The number of hydrogen-bond acceptors (Lipinski definition) is 5. The molecule has 1 amide bonds. The Morgan fingerprint density at radius 1 is 1.27 bits per heavy atom. The molecular weight excluding hydrogens is 354 g/mol. The van der Waals surface area contributed by atoms with Gasteiger partial charge in [0.05, 0.1) is 12.9 Å². The summed E-state index contributed by atoms with van der Waals surface area (Å²) >= 11 is 0. The summed E-state index contributed by atoms with van der Waals surface area (Å²) in [5.74, 6) is 0.696. The average Bonchev–Trinajstić information content (AvgIpc) is 2.57. The summed E-state index contributed by atoms with van der Waals surface area (Å²) in [5.41, 5.74) is 0.820. The van der Waals surface area contributed by atoms with Gasteiger partial charge >= 0.3 is 10.1 Å². The second-order valence-electron chi connectivity index (χ2n) is 6.77. The van der Waals surface area contributed by atoms with Gasteiger partial charge in [0.1, 0.15) is 0 Å². The molecule has 0 radical (unpaired) electrons. The number of methoxy groups -OCH3 is 1. The molecule has 0 unspecified atom stereocenters. The molecule has 0 spiro atoms. The lowest BCUT2D eigenvalue weighted by Gasteiger charge is -2.35. The SMILES string of the molecule is CC[C@@H](C)N(Cc1ccc(OC)c(OS(=O)(=O)CC)c1)C(=O)C1CCC1. The summed E-state index contributed by atoms with van der Waals surface area (Å²) in [6.07, 6.45) is 3.89. The number of amides is 1. The minimum Gasteiger partial charge on any atom is -0.493 e. The zero-order chi connectivity index (χ0) is 19.3. The quantitative estimate of drug-likeness (QED) is 0.612. The largest absolute Gasteiger partial charge is 0.493 e. The van der Waals surface area contributed by atoms with Crippen molar-refractivity contribution in [3.05, 3.63) is 23.8 Å². The van der Waals surface area contributed by atoms with E-state index in [1.807, 2.05) is 17.9 Å². The Balaban J connectivity index is 2.26. The maximum atomic E-state index is 12.8. The molecule has 1 aromatic rings. The van der Waals surface area contributed by atoms with Crippen molar-refractivity contribution >= 4 is 16.0 Å². The van der Waals surface area contributed by atoms with Crippen LogP contribution >= 0.6 is 0 Å². The van der Waals surface area contributed by atoms with Crippen LogP contribution in [0.3, 0.4) is 0 Å². The van der Waals surface area contributed by atoms with Crippen LogP contribution in [0.4, 0.5) is 0 Å². The number of benzene rings is 1. The summed E-state index contributed by atoms with van der Waals surface area (Å²) in [4.78, 5) is 14.7. The summed E-state index contributed by atoms with van der Waals surface area (Å²) in [5, 5.41) is 0. The molecule has 1 atom stereocenters. The molecular formula is C19H29NO5S. The maximum Gasteiger partial charge on any atom is 0.309 e. The molecule has 0 N–H and O–H groups in total. The molecule has 1 aliphatic rings. The van der Waals surface area contributed by atoms with Crippen LogP contribution in [0, 0.1) is 5.92 Å². The fraction of sp³-hybridized carbons (Fsp3) is 0.632. The highest BCUT2D eigenvalue weighted by Crippen LogP contribution is 2.32. The predicted molar refractivity (Wildman–Crippen MR) is 101 cm³/mol. The Labute approximate surface area is 156 Å². The summed E-state index contributed by atoms with van der Waals surface area (Å²) in [6.45, 7) is 6.05. The molecule has 1 fully saturated rings. The number of nitrogens with zero attached hydrogens (tertiary/aromatic N) is 1. The average molecular weight is 384 g/mol. The zero-order valence-electron chi connectivity index (χ0n) is 16.0. The summed E-state index contributed by atoms with van der Waals surface area (Å²) < 4.78 is 34.0. The van der Waals surface area contributed by atoms with E-state index in [0.29, 0.717) is 12.3 Å². The van der Waals surface area contributed by atoms with Crippen LogP contribution in [-0.4, -0.2) is 38.1 Å². The van der Waals surface area contributed by atoms with E-state index >= 15 is 0 Å². The normalized spacial score (nSPS) is 15.8. The van der Waals surface area contributed by atoms with Gasteiger partial charge in [0.2, 0.25) is 5.91 Å². The van der Waals surface area contributed by atoms with Crippen molar-refractivity contribution < 1.29 is 22.1 Å². The molecule has 7 heteroatoms. The molecule has 2 rings (SSSR count). The number of carbonyl (C=O) groups is 1. The Hall–Kier alpha value is -1.76. The van der Waals surface area contributed by atoms with Gasteiger partial charge in [-0.2, -0.15) is 8.42 Å². The zero-order valence-corrected chi connectivity index (χ0v) is 16.8. The Bertz CT molecular complexity index is 727. The first kappa shape index (κ1) is 20.6. The second-order valence-corrected chi connectivity index (χ2v) is 8.63.